The van der Waals surface area contributed by atoms with Gasteiger partial charge in [0.1, 0.15) is 5.01 Å². The van der Waals surface area contributed by atoms with Crippen molar-refractivity contribution in [3.05, 3.63) is 84.1 Å². The number of benzene rings is 2. The average molecular weight is 498 g/mol. The van der Waals surface area contributed by atoms with E-state index in [9.17, 15) is 9.59 Å². The molecule has 1 spiro atoms. The normalized spacial score (nSPS) is 18.2. The number of hydrogen-bond acceptors (Lipinski definition) is 5. The van der Waals surface area contributed by atoms with Crippen LogP contribution in [0.2, 0.25) is 0 Å². The summed E-state index contributed by atoms with van der Waals surface area (Å²) in [4.78, 5) is 32.4. The third kappa shape index (κ3) is 4.56. The molecule has 36 heavy (non-hydrogen) atoms. The van der Waals surface area contributed by atoms with E-state index in [4.69, 9.17) is 0 Å². The summed E-state index contributed by atoms with van der Waals surface area (Å²) in [7, 11) is 0. The van der Waals surface area contributed by atoms with Gasteiger partial charge in [0, 0.05) is 48.0 Å². The van der Waals surface area contributed by atoms with Crippen LogP contribution in [0.4, 0.5) is 5.69 Å². The minimum atomic E-state index is 0.0208. The van der Waals surface area contributed by atoms with Gasteiger partial charge in [-0.25, -0.2) is 9.67 Å². The maximum Gasteiger partial charge on any atom is 0.228 e. The van der Waals surface area contributed by atoms with Crippen molar-refractivity contribution in [1.29, 1.82) is 0 Å². The molecule has 0 unspecified atom stereocenters. The van der Waals surface area contributed by atoms with Crippen LogP contribution in [0.25, 0.3) is 16.3 Å². The molecule has 182 valence electrons. The number of amides is 2. The first-order chi connectivity index (χ1) is 17.6. The molecule has 6 rings (SSSR count). The smallest absolute Gasteiger partial charge is 0.228 e. The molecule has 0 bridgehead atoms. The van der Waals surface area contributed by atoms with Crippen molar-refractivity contribution >= 4 is 28.8 Å². The number of thiazole rings is 1. The molecule has 2 fully saturated rings. The van der Waals surface area contributed by atoms with Gasteiger partial charge in [-0.3, -0.25) is 9.59 Å². The van der Waals surface area contributed by atoms with Crippen LogP contribution in [0.15, 0.2) is 78.4 Å². The van der Waals surface area contributed by atoms with E-state index in [-0.39, 0.29) is 23.1 Å². The highest BCUT2D eigenvalue weighted by atomic mass is 32.1. The van der Waals surface area contributed by atoms with Gasteiger partial charge in [-0.1, -0.05) is 30.3 Å². The van der Waals surface area contributed by atoms with E-state index in [0.717, 1.165) is 46.9 Å². The SMILES string of the molecule is O=C(Nc1ccc(-n2cccn2)cc1)[C@@H]1CC12CCN(C(=O)Cc1csc(-c3ccccc3)n1)CC2. The minimum Gasteiger partial charge on any atom is -0.342 e. The fraction of sp³-hybridized carbons (Fsp3) is 0.286. The lowest BCUT2D eigenvalue weighted by molar-refractivity contribution is -0.132. The molecule has 2 amide bonds. The van der Waals surface area contributed by atoms with Gasteiger partial charge in [0.2, 0.25) is 11.8 Å². The molecule has 8 heteroatoms. The zero-order chi connectivity index (χ0) is 24.5. The molecule has 4 aromatic rings. The molecule has 3 heterocycles. The number of nitrogens with one attached hydrogen (secondary N) is 1. The molecule has 1 N–H and O–H groups in total. The Labute approximate surface area is 213 Å². The van der Waals surface area contributed by atoms with Crippen LogP contribution < -0.4 is 5.32 Å². The molecule has 2 aliphatic rings. The molecule has 1 aliphatic carbocycles. The molecule has 2 aromatic carbocycles. The van der Waals surface area contributed by atoms with Crippen LogP contribution in [0.5, 0.6) is 0 Å². The largest absolute Gasteiger partial charge is 0.342 e. The van der Waals surface area contributed by atoms with Crippen LogP contribution in [0.1, 0.15) is 25.0 Å². The molecule has 1 aliphatic heterocycles. The summed E-state index contributed by atoms with van der Waals surface area (Å²) in [6, 6.07) is 19.6. The molecule has 2 aromatic heterocycles. The summed E-state index contributed by atoms with van der Waals surface area (Å²) in [5, 5.41) is 10.2. The second-order valence-corrected chi connectivity index (χ2v) is 10.5. The Kier molecular flexibility index (Phi) is 5.89. The summed E-state index contributed by atoms with van der Waals surface area (Å²) in [5.74, 6) is 0.221. The fourth-order valence-corrected chi connectivity index (χ4v) is 6.01. The van der Waals surface area contributed by atoms with Crippen molar-refractivity contribution in [2.24, 2.45) is 11.3 Å². The maximum atomic E-state index is 12.9. The van der Waals surface area contributed by atoms with E-state index in [1.165, 1.54) is 0 Å². The van der Waals surface area contributed by atoms with E-state index >= 15 is 0 Å². The van der Waals surface area contributed by atoms with Crippen molar-refractivity contribution in [3.8, 4) is 16.3 Å². The quantitative estimate of drug-likeness (QED) is 0.415. The average Bonchev–Trinajstić information content (AvgIpc) is 3.26. The number of aromatic nitrogens is 3. The zero-order valence-corrected chi connectivity index (χ0v) is 20.7. The Morgan fingerprint density at radius 1 is 1.03 bits per heavy atom. The van der Waals surface area contributed by atoms with Crippen LogP contribution in [0, 0.1) is 11.3 Å². The molecule has 1 saturated heterocycles. The molecular formula is C28H27N5O2S. The number of carbonyl (C=O) groups is 2. The molecule has 1 saturated carbocycles. The monoisotopic (exact) mass is 497 g/mol. The fourth-order valence-electron chi connectivity index (χ4n) is 5.19. The van der Waals surface area contributed by atoms with E-state index in [1.807, 2.05) is 77.1 Å². The van der Waals surface area contributed by atoms with Gasteiger partial charge in [-0.2, -0.15) is 5.10 Å². The Bertz CT molecular complexity index is 1360. The van der Waals surface area contributed by atoms with Gasteiger partial charge >= 0.3 is 0 Å². The summed E-state index contributed by atoms with van der Waals surface area (Å²) in [5.41, 5.74) is 3.69. The van der Waals surface area contributed by atoms with Crippen molar-refractivity contribution in [1.82, 2.24) is 19.7 Å². The highest BCUT2D eigenvalue weighted by molar-refractivity contribution is 7.13. The predicted octanol–water partition coefficient (Wildman–Crippen LogP) is 4.81. The summed E-state index contributed by atoms with van der Waals surface area (Å²) >= 11 is 1.57. The minimum absolute atomic E-state index is 0.0208. The van der Waals surface area contributed by atoms with E-state index in [1.54, 1.807) is 22.2 Å². The number of nitrogens with zero attached hydrogens (tertiary/aromatic N) is 4. The van der Waals surface area contributed by atoms with E-state index < -0.39 is 0 Å². The number of hydrogen-bond donors (Lipinski definition) is 1. The first-order valence-electron chi connectivity index (χ1n) is 12.3. The summed E-state index contributed by atoms with van der Waals surface area (Å²) in [6.45, 7) is 1.41. The molecular weight excluding hydrogens is 470 g/mol. The van der Waals surface area contributed by atoms with Gasteiger partial charge < -0.3 is 10.2 Å². The van der Waals surface area contributed by atoms with E-state index in [2.05, 4.69) is 15.4 Å². The van der Waals surface area contributed by atoms with Gasteiger partial charge in [0.25, 0.3) is 0 Å². The Morgan fingerprint density at radius 3 is 2.53 bits per heavy atom. The van der Waals surface area contributed by atoms with Crippen molar-refractivity contribution in [3.63, 3.8) is 0 Å². The van der Waals surface area contributed by atoms with E-state index in [0.29, 0.717) is 19.5 Å². The van der Waals surface area contributed by atoms with Crippen LogP contribution in [-0.4, -0.2) is 44.6 Å². The number of likely N-dealkylation sites (tertiary alicyclic amines) is 1. The molecule has 1 atom stereocenters. The highest BCUT2D eigenvalue weighted by Crippen LogP contribution is 2.59. The standard InChI is InChI=1S/C28H27N5O2S/c34-25(17-22-19-36-27(31-22)20-5-2-1-3-6-20)32-15-11-28(12-16-32)18-24(28)26(35)30-21-7-9-23(10-8-21)33-14-4-13-29-33/h1-10,13-14,19,24H,11-12,15-18H2,(H,30,35)/t24-/m0/s1. The third-order valence-corrected chi connectivity index (χ3v) is 8.37. The second-order valence-electron chi connectivity index (χ2n) is 9.67. The number of rotatable bonds is 6. The lowest BCUT2D eigenvalue weighted by Crippen LogP contribution is -2.41. The number of carbonyl (C=O) groups excluding carboxylic acids is 2. The Morgan fingerprint density at radius 2 is 1.81 bits per heavy atom. The van der Waals surface area contributed by atoms with Crippen molar-refractivity contribution in [2.45, 2.75) is 25.7 Å². The molecule has 7 nitrogen and oxygen atoms in total. The summed E-state index contributed by atoms with van der Waals surface area (Å²) in [6.07, 6.45) is 6.61. The first kappa shape index (κ1) is 22.7. The lowest BCUT2D eigenvalue weighted by Gasteiger charge is -2.32. The number of anilines is 1. The maximum absolute atomic E-state index is 12.9. The number of piperidine rings is 1. The second kappa shape index (κ2) is 9.35. The zero-order valence-electron chi connectivity index (χ0n) is 19.8. The van der Waals surface area contributed by atoms with Gasteiger partial charge in [0.15, 0.2) is 0 Å². The Balaban J connectivity index is 0.998. The Hall–Kier alpha value is -3.78. The van der Waals surface area contributed by atoms with Crippen LogP contribution in [-0.2, 0) is 16.0 Å². The van der Waals surface area contributed by atoms with Gasteiger partial charge in [-0.05, 0) is 55.0 Å². The van der Waals surface area contributed by atoms with Crippen molar-refractivity contribution in [2.75, 3.05) is 18.4 Å². The predicted molar refractivity (Wildman–Crippen MR) is 140 cm³/mol. The van der Waals surface area contributed by atoms with Crippen molar-refractivity contribution < 1.29 is 9.59 Å². The summed E-state index contributed by atoms with van der Waals surface area (Å²) < 4.78 is 1.78. The van der Waals surface area contributed by atoms with Gasteiger partial charge in [0.05, 0.1) is 17.8 Å². The van der Waals surface area contributed by atoms with Gasteiger partial charge in [-0.15, -0.1) is 11.3 Å². The third-order valence-electron chi connectivity index (χ3n) is 7.43. The van der Waals surface area contributed by atoms with Crippen LogP contribution in [0.3, 0.4) is 0 Å². The molecule has 0 radical (unpaired) electrons. The van der Waals surface area contributed by atoms with Crippen LogP contribution >= 0.6 is 11.3 Å². The highest BCUT2D eigenvalue weighted by Gasteiger charge is 2.58. The topological polar surface area (TPSA) is 80.1 Å². The lowest BCUT2D eigenvalue weighted by atomic mass is 9.90. The first-order valence-corrected chi connectivity index (χ1v) is 13.2.